The average Bonchev–Trinajstić information content (AvgIpc) is 3.14. The number of aromatic nitrogens is 2. The van der Waals surface area contributed by atoms with Crippen molar-refractivity contribution in [2.24, 2.45) is 0 Å². The second-order valence-corrected chi connectivity index (χ2v) is 11.8. The van der Waals surface area contributed by atoms with E-state index in [4.69, 9.17) is 9.72 Å². The van der Waals surface area contributed by atoms with Crippen LogP contribution in [0.2, 0.25) is 0 Å². The van der Waals surface area contributed by atoms with Crippen LogP contribution in [0.3, 0.4) is 0 Å². The molecular weight excluding hydrogens is 452 g/mol. The van der Waals surface area contributed by atoms with E-state index >= 15 is 0 Å². The minimum atomic E-state index is -0.483. The summed E-state index contributed by atoms with van der Waals surface area (Å²) in [6.45, 7) is 9.60. The van der Waals surface area contributed by atoms with Crippen molar-refractivity contribution < 1.29 is 9.53 Å². The molecule has 4 rings (SSSR count). The van der Waals surface area contributed by atoms with Crippen LogP contribution in [0.4, 0.5) is 16.6 Å². The number of carbonyl (C=O) groups excluding carboxylic acids is 1. The molecule has 1 aromatic rings. The Kier molecular flexibility index (Phi) is 9.68. The molecule has 0 bridgehead atoms. The van der Waals surface area contributed by atoms with Crippen LogP contribution in [0.15, 0.2) is 12.3 Å². The number of rotatable bonds is 7. The molecular formula is C28H48N6O2. The first-order valence-electron chi connectivity index (χ1n) is 14.5. The topological polar surface area (TPSA) is 82.6 Å². The molecule has 1 aliphatic carbocycles. The number of carbonyl (C=O) groups is 1. The summed E-state index contributed by atoms with van der Waals surface area (Å²) in [5, 5.41) is 6.74. The Morgan fingerprint density at radius 3 is 2.44 bits per heavy atom. The Morgan fingerprint density at radius 2 is 1.72 bits per heavy atom. The van der Waals surface area contributed by atoms with Gasteiger partial charge in [-0.2, -0.15) is 4.98 Å². The summed E-state index contributed by atoms with van der Waals surface area (Å²) in [6.07, 6.45) is 16.4. The third-order valence-corrected chi connectivity index (χ3v) is 7.86. The normalized spacial score (nSPS) is 24.7. The predicted octanol–water partition coefficient (Wildman–Crippen LogP) is 5.35. The molecule has 2 saturated heterocycles. The van der Waals surface area contributed by atoms with Gasteiger partial charge in [0, 0.05) is 44.0 Å². The van der Waals surface area contributed by atoms with Crippen LogP contribution in [0.25, 0.3) is 0 Å². The highest BCUT2D eigenvalue weighted by Crippen LogP contribution is 2.31. The quantitative estimate of drug-likeness (QED) is 0.522. The number of ether oxygens (including phenoxy) is 1. The Balaban J connectivity index is 1.44. The van der Waals surface area contributed by atoms with Crippen molar-refractivity contribution in [1.82, 2.24) is 20.2 Å². The van der Waals surface area contributed by atoms with Gasteiger partial charge in [-0.15, -0.1) is 0 Å². The molecule has 1 aromatic heterocycles. The van der Waals surface area contributed by atoms with E-state index in [1.165, 1.54) is 64.2 Å². The number of alkyl carbamates (subject to hydrolysis) is 1. The number of amides is 1. The van der Waals surface area contributed by atoms with Gasteiger partial charge in [0.05, 0.1) is 0 Å². The lowest BCUT2D eigenvalue weighted by molar-refractivity contribution is 0.0471. The van der Waals surface area contributed by atoms with Gasteiger partial charge in [0.2, 0.25) is 5.95 Å². The zero-order valence-electron chi connectivity index (χ0n) is 22.8. The van der Waals surface area contributed by atoms with Crippen LogP contribution in [0.1, 0.15) is 97.8 Å². The van der Waals surface area contributed by atoms with Gasteiger partial charge in [0.25, 0.3) is 0 Å². The van der Waals surface area contributed by atoms with Crippen molar-refractivity contribution in [3.63, 3.8) is 0 Å². The smallest absolute Gasteiger partial charge is 0.407 e. The first kappa shape index (κ1) is 27.0. The zero-order valence-corrected chi connectivity index (χ0v) is 22.8. The fourth-order valence-corrected chi connectivity index (χ4v) is 6.18. The third-order valence-electron chi connectivity index (χ3n) is 7.86. The molecule has 2 N–H and O–H groups in total. The van der Waals surface area contributed by atoms with Crippen LogP contribution in [-0.4, -0.2) is 70.9 Å². The summed E-state index contributed by atoms with van der Waals surface area (Å²) in [7, 11) is 0. The van der Waals surface area contributed by atoms with Crippen molar-refractivity contribution in [2.45, 2.75) is 122 Å². The van der Waals surface area contributed by atoms with Gasteiger partial charge >= 0.3 is 6.09 Å². The molecule has 3 fully saturated rings. The Labute approximate surface area is 218 Å². The van der Waals surface area contributed by atoms with Crippen molar-refractivity contribution >= 4 is 17.9 Å². The number of hydrogen-bond donors (Lipinski definition) is 2. The van der Waals surface area contributed by atoms with E-state index in [1.807, 2.05) is 33.0 Å². The number of nitrogens with one attached hydrogen (secondary N) is 2. The number of hydrogen-bond acceptors (Lipinski definition) is 7. The van der Waals surface area contributed by atoms with Crippen molar-refractivity contribution in [1.29, 1.82) is 0 Å². The minimum absolute atomic E-state index is 0.264. The van der Waals surface area contributed by atoms with Gasteiger partial charge < -0.3 is 20.3 Å². The average molecular weight is 501 g/mol. The lowest BCUT2D eigenvalue weighted by atomic mass is 9.87. The van der Waals surface area contributed by atoms with E-state index in [1.54, 1.807) is 0 Å². The van der Waals surface area contributed by atoms with Crippen LogP contribution in [0, 0.1) is 0 Å². The van der Waals surface area contributed by atoms with Gasteiger partial charge in [0.15, 0.2) is 0 Å². The number of piperidine rings is 1. The van der Waals surface area contributed by atoms with E-state index in [0.717, 1.165) is 44.2 Å². The summed E-state index contributed by atoms with van der Waals surface area (Å²) in [4.78, 5) is 27.0. The maximum Gasteiger partial charge on any atom is 0.407 e. The fourth-order valence-electron chi connectivity index (χ4n) is 6.18. The van der Waals surface area contributed by atoms with Crippen molar-refractivity contribution in [2.75, 3.05) is 36.4 Å². The molecule has 0 spiro atoms. The van der Waals surface area contributed by atoms with E-state index in [-0.39, 0.29) is 12.1 Å². The van der Waals surface area contributed by atoms with Crippen LogP contribution in [0.5, 0.6) is 0 Å². The highest BCUT2D eigenvalue weighted by Gasteiger charge is 2.36. The number of anilines is 2. The van der Waals surface area contributed by atoms with E-state index in [0.29, 0.717) is 18.6 Å². The lowest BCUT2D eigenvalue weighted by Gasteiger charge is -2.47. The van der Waals surface area contributed by atoms with Crippen LogP contribution in [-0.2, 0) is 4.74 Å². The van der Waals surface area contributed by atoms with Crippen LogP contribution >= 0.6 is 0 Å². The largest absolute Gasteiger partial charge is 0.444 e. The molecule has 0 aromatic carbocycles. The summed E-state index contributed by atoms with van der Waals surface area (Å²) >= 11 is 0. The Hall–Kier alpha value is -2.09. The summed E-state index contributed by atoms with van der Waals surface area (Å²) < 4.78 is 5.47. The molecule has 2 atom stereocenters. The van der Waals surface area contributed by atoms with Gasteiger partial charge in [-0.1, -0.05) is 32.1 Å². The summed E-state index contributed by atoms with van der Waals surface area (Å²) in [5.41, 5.74) is -0.483. The number of nitrogens with zero attached hydrogens (tertiary/aromatic N) is 4. The van der Waals surface area contributed by atoms with Gasteiger partial charge in [-0.25, -0.2) is 9.78 Å². The Morgan fingerprint density at radius 1 is 1.00 bits per heavy atom. The van der Waals surface area contributed by atoms with E-state index < -0.39 is 5.60 Å². The molecule has 3 heterocycles. The minimum Gasteiger partial charge on any atom is -0.444 e. The molecule has 36 heavy (non-hydrogen) atoms. The van der Waals surface area contributed by atoms with Gasteiger partial charge in [-0.05, 0) is 78.3 Å². The molecule has 2 aliphatic heterocycles. The van der Waals surface area contributed by atoms with Crippen molar-refractivity contribution in [3.8, 4) is 0 Å². The monoisotopic (exact) mass is 500 g/mol. The second kappa shape index (κ2) is 12.9. The molecule has 3 aliphatic rings. The van der Waals surface area contributed by atoms with Gasteiger partial charge in [-0.3, -0.25) is 4.90 Å². The molecule has 0 radical (unpaired) electrons. The zero-order chi connectivity index (χ0) is 25.4. The highest BCUT2D eigenvalue weighted by molar-refractivity contribution is 5.67. The van der Waals surface area contributed by atoms with Crippen LogP contribution < -0.4 is 15.5 Å². The molecule has 1 saturated carbocycles. The van der Waals surface area contributed by atoms with E-state index in [2.05, 4.69) is 25.4 Å². The number of likely N-dealkylation sites (tertiary alicyclic amines) is 1. The third kappa shape index (κ3) is 7.95. The first-order chi connectivity index (χ1) is 17.4. The standard InChI is InChI=1S/C28H48N6O2/c1-28(2,3)36-27(35)30-17-15-24-23(14-11-21-34(24)22-12-7-6-8-13-22)31-26-29-18-16-25(32-26)33-19-9-4-5-10-20-33/h16,18,22-24H,4-15,17,19-21H2,1-3H3,(H,30,35)(H,29,31,32). The SMILES string of the molecule is CC(C)(C)OC(=O)NCCC1C(Nc2nccc(N3CCCCCC3)n2)CCCN1C1CCCCC1. The molecule has 2 unspecified atom stereocenters. The molecule has 8 nitrogen and oxygen atoms in total. The summed E-state index contributed by atoms with van der Waals surface area (Å²) in [6, 6.07) is 3.29. The second-order valence-electron chi connectivity index (χ2n) is 11.8. The lowest BCUT2D eigenvalue weighted by Crippen LogP contribution is -2.56. The first-order valence-corrected chi connectivity index (χ1v) is 14.5. The predicted molar refractivity (Wildman–Crippen MR) is 146 cm³/mol. The maximum absolute atomic E-state index is 12.3. The summed E-state index contributed by atoms with van der Waals surface area (Å²) in [5.74, 6) is 1.77. The molecule has 202 valence electrons. The van der Waals surface area contributed by atoms with E-state index in [9.17, 15) is 4.79 Å². The maximum atomic E-state index is 12.3. The Bertz CT molecular complexity index is 815. The molecule has 8 heteroatoms. The molecule has 1 amide bonds. The van der Waals surface area contributed by atoms with Gasteiger partial charge in [0.1, 0.15) is 11.4 Å². The van der Waals surface area contributed by atoms with Crippen molar-refractivity contribution in [3.05, 3.63) is 12.3 Å². The fraction of sp³-hybridized carbons (Fsp3) is 0.821. The highest BCUT2D eigenvalue weighted by atomic mass is 16.6.